The predicted octanol–water partition coefficient (Wildman–Crippen LogP) is 3.29. The number of rotatable bonds is 10. The molecule has 0 aromatic heterocycles. The third-order valence-electron chi connectivity index (χ3n) is 4.17. The van der Waals surface area contributed by atoms with E-state index in [0.717, 1.165) is 5.56 Å². The third-order valence-corrected chi connectivity index (χ3v) is 4.38. The maximum Gasteiger partial charge on any atom is 0.273 e. The summed E-state index contributed by atoms with van der Waals surface area (Å²) in [7, 11) is 1.61. The zero-order valence-electron chi connectivity index (χ0n) is 16.9. The van der Waals surface area contributed by atoms with Gasteiger partial charge in [-0.15, -0.1) is 0 Å². The van der Waals surface area contributed by atoms with Crippen molar-refractivity contribution in [3.05, 3.63) is 53.7 Å². The number of carbonyl (C=O) groups is 1. The fraction of sp³-hybridized carbons (Fsp3) is 0.273. The van der Waals surface area contributed by atoms with Crippen molar-refractivity contribution in [1.82, 2.24) is 10.6 Å². The molecule has 3 rings (SSSR count). The standard InChI is InChI=1S/C22H24N2O5S/c1-3-27-20-14-15(13-16-21(25)24-22(30)23-16)9-10-19(20)29-12-6-11-28-18-8-5-4-7-17(18)26-2/h4-5,7-10,13-14H,3,6,11-12H2,1-2H3,(H2,23,24,25,30)/b16-13-. The van der Waals surface area contributed by atoms with Gasteiger partial charge in [-0.2, -0.15) is 0 Å². The Hall–Kier alpha value is -3.26. The Morgan fingerprint density at radius 2 is 1.63 bits per heavy atom. The first-order chi connectivity index (χ1) is 14.6. The predicted molar refractivity (Wildman–Crippen MR) is 118 cm³/mol. The van der Waals surface area contributed by atoms with Crippen molar-refractivity contribution < 1.29 is 23.7 Å². The second kappa shape index (κ2) is 10.5. The van der Waals surface area contributed by atoms with Crippen LogP contribution < -0.4 is 29.6 Å². The Morgan fingerprint density at radius 3 is 2.27 bits per heavy atom. The van der Waals surface area contributed by atoms with E-state index in [9.17, 15) is 4.79 Å². The highest BCUT2D eigenvalue weighted by atomic mass is 32.1. The Bertz CT molecular complexity index is 945. The summed E-state index contributed by atoms with van der Waals surface area (Å²) in [5, 5.41) is 5.66. The number of amides is 1. The number of thiocarbonyl (C=S) groups is 1. The van der Waals surface area contributed by atoms with E-state index in [-0.39, 0.29) is 5.91 Å². The van der Waals surface area contributed by atoms with Crippen molar-refractivity contribution in [3.8, 4) is 23.0 Å². The highest BCUT2D eigenvalue weighted by Crippen LogP contribution is 2.30. The van der Waals surface area contributed by atoms with Crippen LogP contribution in [0.25, 0.3) is 6.08 Å². The van der Waals surface area contributed by atoms with Gasteiger partial charge in [0.15, 0.2) is 28.1 Å². The Balaban J connectivity index is 1.57. The second-order valence-electron chi connectivity index (χ2n) is 6.31. The summed E-state index contributed by atoms with van der Waals surface area (Å²) in [6.07, 6.45) is 2.40. The van der Waals surface area contributed by atoms with Crippen LogP contribution >= 0.6 is 12.2 Å². The molecule has 1 aliphatic rings. The molecule has 2 aromatic rings. The molecule has 1 heterocycles. The van der Waals surface area contributed by atoms with Gasteiger partial charge in [0.1, 0.15) is 5.70 Å². The lowest BCUT2D eigenvalue weighted by Gasteiger charge is -2.13. The van der Waals surface area contributed by atoms with E-state index in [1.54, 1.807) is 13.2 Å². The molecule has 1 fully saturated rings. The summed E-state index contributed by atoms with van der Waals surface area (Å²) in [6, 6.07) is 13.0. The van der Waals surface area contributed by atoms with Crippen LogP contribution in [0.15, 0.2) is 48.2 Å². The Morgan fingerprint density at radius 1 is 0.933 bits per heavy atom. The van der Waals surface area contributed by atoms with Crippen LogP contribution in [0.2, 0.25) is 0 Å². The van der Waals surface area contributed by atoms with Crippen molar-refractivity contribution >= 4 is 29.3 Å². The molecule has 0 atom stereocenters. The van der Waals surface area contributed by atoms with Crippen LogP contribution in [0.5, 0.6) is 23.0 Å². The molecule has 1 saturated heterocycles. The normalized spacial score (nSPS) is 14.3. The van der Waals surface area contributed by atoms with Gasteiger partial charge in [0, 0.05) is 6.42 Å². The van der Waals surface area contributed by atoms with Gasteiger partial charge in [-0.25, -0.2) is 0 Å². The minimum Gasteiger partial charge on any atom is -0.493 e. The smallest absolute Gasteiger partial charge is 0.273 e. The minimum absolute atomic E-state index is 0.256. The summed E-state index contributed by atoms with van der Waals surface area (Å²) in [6.45, 7) is 3.36. The van der Waals surface area contributed by atoms with Crippen LogP contribution in [0.1, 0.15) is 18.9 Å². The van der Waals surface area contributed by atoms with Crippen molar-refractivity contribution in [2.75, 3.05) is 26.9 Å². The number of methoxy groups -OCH3 is 1. The largest absolute Gasteiger partial charge is 0.493 e. The molecule has 0 unspecified atom stereocenters. The topological polar surface area (TPSA) is 78.1 Å². The van der Waals surface area contributed by atoms with E-state index in [0.29, 0.717) is 60.0 Å². The zero-order chi connectivity index (χ0) is 21.3. The fourth-order valence-corrected chi connectivity index (χ4v) is 3.01. The number of hydrogen-bond donors (Lipinski definition) is 2. The second-order valence-corrected chi connectivity index (χ2v) is 6.72. The molecule has 2 aromatic carbocycles. The van der Waals surface area contributed by atoms with Gasteiger partial charge in [-0.1, -0.05) is 18.2 Å². The third kappa shape index (κ3) is 5.64. The van der Waals surface area contributed by atoms with Gasteiger partial charge in [-0.05, 0) is 55.0 Å². The molecule has 2 N–H and O–H groups in total. The highest BCUT2D eigenvalue weighted by molar-refractivity contribution is 7.80. The average molecular weight is 429 g/mol. The minimum atomic E-state index is -0.256. The van der Waals surface area contributed by atoms with E-state index in [1.807, 2.05) is 49.4 Å². The van der Waals surface area contributed by atoms with Crippen molar-refractivity contribution in [2.45, 2.75) is 13.3 Å². The first-order valence-corrected chi connectivity index (χ1v) is 10.0. The first-order valence-electron chi connectivity index (χ1n) is 9.60. The number of benzene rings is 2. The molecular formula is C22H24N2O5S. The number of hydrogen-bond acceptors (Lipinski definition) is 6. The molecular weight excluding hydrogens is 404 g/mol. The molecule has 1 aliphatic heterocycles. The Kier molecular flexibility index (Phi) is 7.51. The fourth-order valence-electron chi connectivity index (χ4n) is 2.81. The van der Waals surface area contributed by atoms with Gasteiger partial charge >= 0.3 is 0 Å². The molecule has 0 radical (unpaired) electrons. The SMILES string of the molecule is CCOc1cc(/C=C2\NC(=S)NC2=O)ccc1OCCCOc1ccccc1OC. The van der Waals surface area contributed by atoms with Crippen molar-refractivity contribution in [1.29, 1.82) is 0 Å². The van der Waals surface area contributed by atoms with Crippen LogP contribution in [-0.2, 0) is 4.79 Å². The maximum absolute atomic E-state index is 11.8. The van der Waals surface area contributed by atoms with Gasteiger partial charge < -0.3 is 24.3 Å². The monoisotopic (exact) mass is 428 g/mol. The summed E-state index contributed by atoms with van der Waals surface area (Å²) in [4.78, 5) is 11.8. The van der Waals surface area contributed by atoms with Gasteiger partial charge in [-0.3, -0.25) is 10.1 Å². The molecule has 0 saturated carbocycles. The molecule has 0 aliphatic carbocycles. The summed E-state index contributed by atoms with van der Waals surface area (Å²) < 4.78 is 22.6. The lowest BCUT2D eigenvalue weighted by atomic mass is 10.1. The molecule has 30 heavy (non-hydrogen) atoms. The summed E-state index contributed by atoms with van der Waals surface area (Å²) in [5.41, 5.74) is 1.19. The van der Waals surface area contributed by atoms with E-state index < -0.39 is 0 Å². The van der Waals surface area contributed by atoms with E-state index in [2.05, 4.69) is 10.6 Å². The molecule has 0 bridgehead atoms. The molecule has 1 amide bonds. The Labute approximate surface area is 181 Å². The number of carbonyl (C=O) groups excluding carboxylic acids is 1. The quantitative estimate of drug-likeness (QED) is 0.342. The number of ether oxygens (including phenoxy) is 4. The molecule has 8 heteroatoms. The lowest BCUT2D eigenvalue weighted by Crippen LogP contribution is -2.21. The van der Waals surface area contributed by atoms with Crippen LogP contribution in [0.4, 0.5) is 0 Å². The summed E-state index contributed by atoms with van der Waals surface area (Å²) >= 11 is 4.95. The molecule has 0 spiro atoms. The van der Waals surface area contributed by atoms with Gasteiger partial charge in [0.05, 0.1) is 26.9 Å². The highest BCUT2D eigenvalue weighted by Gasteiger charge is 2.20. The summed E-state index contributed by atoms with van der Waals surface area (Å²) in [5.74, 6) is 2.40. The van der Waals surface area contributed by atoms with Crippen LogP contribution in [-0.4, -0.2) is 38.0 Å². The first kappa shape index (κ1) is 21.4. The zero-order valence-corrected chi connectivity index (χ0v) is 17.7. The maximum atomic E-state index is 11.8. The van der Waals surface area contributed by atoms with Crippen molar-refractivity contribution in [3.63, 3.8) is 0 Å². The average Bonchev–Trinajstić information content (AvgIpc) is 3.06. The molecule has 158 valence electrons. The lowest BCUT2D eigenvalue weighted by molar-refractivity contribution is -0.115. The number of para-hydroxylation sites is 2. The van der Waals surface area contributed by atoms with Gasteiger partial charge in [0.25, 0.3) is 5.91 Å². The van der Waals surface area contributed by atoms with Crippen molar-refractivity contribution in [2.24, 2.45) is 0 Å². The van der Waals surface area contributed by atoms with E-state index in [1.165, 1.54) is 0 Å². The van der Waals surface area contributed by atoms with E-state index in [4.69, 9.17) is 31.2 Å². The molecule has 7 nitrogen and oxygen atoms in total. The van der Waals surface area contributed by atoms with E-state index >= 15 is 0 Å². The van der Waals surface area contributed by atoms with Crippen LogP contribution in [0.3, 0.4) is 0 Å². The van der Waals surface area contributed by atoms with Gasteiger partial charge in [0.2, 0.25) is 0 Å². The van der Waals surface area contributed by atoms with Crippen LogP contribution in [0, 0.1) is 0 Å². The number of nitrogens with one attached hydrogen (secondary N) is 2.